The standard InChI is InChI=1S/C24H27N3O3/c1-3-21(17-8-5-4-6-9-17)24(28)27-14-12-18(13-15-27)22-25-23(30-26-22)19-10-7-11-20(16-19)29-2/h4-11,16,18,21H,3,12-15H2,1-2H3/t21-/m1/s1. The van der Waals surface area contributed by atoms with Crippen molar-refractivity contribution in [3.8, 4) is 17.2 Å². The molecule has 0 aliphatic carbocycles. The van der Waals surface area contributed by atoms with Gasteiger partial charge in [0, 0.05) is 24.6 Å². The van der Waals surface area contributed by atoms with Gasteiger partial charge in [0.15, 0.2) is 5.82 Å². The van der Waals surface area contributed by atoms with E-state index in [-0.39, 0.29) is 17.7 Å². The monoisotopic (exact) mass is 405 g/mol. The van der Waals surface area contributed by atoms with Gasteiger partial charge in [0.05, 0.1) is 13.0 Å². The van der Waals surface area contributed by atoms with Crippen molar-refractivity contribution >= 4 is 5.91 Å². The summed E-state index contributed by atoms with van der Waals surface area (Å²) in [6.45, 7) is 3.51. The molecule has 1 atom stereocenters. The van der Waals surface area contributed by atoms with Crippen molar-refractivity contribution in [2.75, 3.05) is 20.2 Å². The number of benzene rings is 2. The molecule has 0 spiro atoms. The number of rotatable bonds is 6. The first-order valence-electron chi connectivity index (χ1n) is 10.5. The lowest BCUT2D eigenvalue weighted by Crippen LogP contribution is -2.40. The minimum absolute atomic E-state index is 0.0763. The molecule has 1 aliphatic rings. The Morgan fingerprint density at radius 2 is 1.93 bits per heavy atom. The van der Waals surface area contributed by atoms with Crippen LogP contribution in [0.5, 0.6) is 5.75 Å². The molecule has 1 saturated heterocycles. The molecular formula is C24H27N3O3. The van der Waals surface area contributed by atoms with Crippen molar-refractivity contribution in [3.63, 3.8) is 0 Å². The summed E-state index contributed by atoms with van der Waals surface area (Å²) in [4.78, 5) is 19.7. The zero-order chi connectivity index (χ0) is 20.9. The normalized spacial score (nSPS) is 15.7. The number of carbonyl (C=O) groups is 1. The van der Waals surface area contributed by atoms with E-state index in [1.54, 1.807) is 7.11 Å². The summed E-state index contributed by atoms with van der Waals surface area (Å²) < 4.78 is 10.8. The van der Waals surface area contributed by atoms with Gasteiger partial charge in [-0.25, -0.2) is 0 Å². The van der Waals surface area contributed by atoms with Crippen LogP contribution in [0.25, 0.3) is 11.5 Å². The maximum atomic E-state index is 13.1. The van der Waals surface area contributed by atoms with E-state index in [4.69, 9.17) is 9.26 Å². The number of nitrogens with zero attached hydrogens (tertiary/aromatic N) is 3. The largest absolute Gasteiger partial charge is 0.497 e. The van der Waals surface area contributed by atoms with Crippen molar-refractivity contribution in [3.05, 3.63) is 66.0 Å². The Kier molecular flexibility index (Phi) is 6.12. The maximum Gasteiger partial charge on any atom is 0.258 e. The predicted octanol–water partition coefficient (Wildman–Crippen LogP) is 4.65. The SMILES string of the molecule is CC[C@@H](C(=O)N1CCC(c2noc(-c3cccc(OC)c3)n2)CC1)c1ccccc1. The molecule has 30 heavy (non-hydrogen) atoms. The first kappa shape index (κ1) is 20.1. The maximum absolute atomic E-state index is 13.1. The van der Waals surface area contributed by atoms with Crippen LogP contribution in [0.15, 0.2) is 59.1 Å². The summed E-state index contributed by atoms with van der Waals surface area (Å²) in [5, 5.41) is 4.21. The number of methoxy groups -OCH3 is 1. The lowest BCUT2D eigenvalue weighted by molar-refractivity contribution is -0.134. The van der Waals surface area contributed by atoms with Crippen LogP contribution in [0, 0.1) is 0 Å². The third-order valence-electron chi connectivity index (χ3n) is 5.84. The fraction of sp³-hybridized carbons (Fsp3) is 0.375. The molecule has 156 valence electrons. The first-order chi connectivity index (χ1) is 14.7. The third kappa shape index (κ3) is 4.22. The van der Waals surface area contributed by atoms with Gasteiger partial charge in [-0.3, -0.25) is 4.79 Å². The van der Waals surface area contributed by atoms with Gasteiger partial charge in [0.2, 0.25) is 5.91 Å². The van der Waals surface area contributed by atoms with Crippen molar-refractivity contribution < 1.29 is 14.1 Å². The Bertz CT molecular complexity index is 978. The van der Waals surface area contributed by atoms with Crippen molar-refractivity contribution in [2.24, 2.45) is 0 Å². The second kappa shape index (κ2) is 9.11. The second-order valence-electron chi connectivity index (χ2n) is 7.66. The van der Waals surface area contributed by atoms with E-state index in [0.717, 1.165) is 55.1 Å². The molecule has 1 amide bonds. The average molecular weight is 405 g/mol. The van der Waals surface area contributed by atoms with Crippen LogP contribution in [-0.2, 0) is 4.79 Å². The second-order valence-corrected chi connectivity index (χ2v) is 7.66. The molecular weight excluding hydrogens is 378 g/mol. The Morgan fingerprint density at radius 1 is 1.17 bits per heavy atom. The number of amides is 1. The van der Waals surface area contributed by atoms with Gasteiger partial charge in [-0.05, 0) is 43.0 Å². The predicted molar refractivity (Wildman–Crippen MR) is 114 cm³/mol. The highest BCUT2D eigenvalue weighted by molar-refractivity contribution is 5.83. The molecule has 1 aliphatic heterocycles. The average Bonchev–Trinajstić information content (AvgIpc) is 3.31. The number of piperidine rings is 1. The van der Waals surface area contributed by atoms with Crippen LogP contribution in [0.2, 0.25) is 0 Å². The van der Waals surface area contributed by atoms with Crippen LogP contribution < -0.4 is 4.74 Å². The van der Waals surface area contributed by atoms with Crippen LogP contribution in [0.3, 0.4) is 0 Å². The molecule has 0 saturated carbocycles. The molecule has 2 aromatic carbocycles. The smallest absolute Gasteiger partial charge is 0.258 e. The van der Waals surface area contributed by atoms with Gasteiger partial charge >= 0.3 is 0 Å². The number of carbonyl (C=O) groups excluding carboxylic acids is 1. The zero-order valence-electron chi connectivity index (χ0n) is 17.5. The molecule has 6 nitrogen and oxygen atoms in total. The number of likely N-dealkylation sites (tertiary alicyclic amines) is 1. The molecule has 2 heterocycles. The first-order valence-corrected chi connectivity index (χ1v) is 10.5. The summed E-state index contributed by atoms with van der Waals surface area (Å²) in [7, 11) is 1.63. The Hall–Kier alpha value is -3.15. The Morgan fingerprint density at radius 3 is 2.63 bits per heavy atom. The van der Waals surface area contributed by atoms with Gasteiger partial charge in [-0.2, -0.15) is 4.98 Å². The van der Waals surface area contributed by atoms with Gasteiger partial charge in [-0.1, -0.05) is 48.5 Å². The van der Waals surface area contributed by atoms with Crippen LogP contribution >= 0.6 is 0 Å². The van der Waals surface area contributed by atoms with Crippen molar-refractivity contribution in [2.45, 2.75) is 38.0 Å². The minimum atomic E-state index is -0.0763. The summed E-state index contributed by atoms with van der Waals surface area (Å²) in [5.41, 5.74) is 1.93. The lowest BCUT2D eigenvalue weighted by Gasteiger charge is -2.33. The van der Waals surface area contributed by atoms with Gasteiger partial charge in [0.25, 0.3) is 5.89 Å². The molecule has 3 aromatic rings. The number of hydrogen-bond donors (Lipinski definition) is 0. The highest BCUT2D eigenvalue weighted by Crippen LogP contribution is 2.31. The quantitative estimate of drug-likeness (QED) is 0.597. The Labute approximate surface area is 176 Å². The fourth-order valence-electron chi connectivity index (χ4n) is 4.09. The highest BCUT2D eigenvalue weighted by atomic mass is 16.5. The topological polar surface area (TPSA) is 68.5 Å². The zero-order valence-corrected chi connectivity index (χ0v) is 17.5. The number of hydrogen-bond acceptors (Lipinski definition) is 5. The van der Waals surface area contributed by atoms with E-state index in [1.807, 2.05) is 59.5 Å². The van der Waals surface area contributed by atoms with E-state index in [1.165, 1.54) is 0 Å². The van der Waals surface area contributed by atoms with E-state index >= 15 is 0 Å². The summed E-state index contributed by atoms with van der Waals surface area (Å²) in [6, 6.07) is 17.6. The number of aromatic nitrogens is 2. The minimum Gasteiger partial charge on any atom is -0.497 e. The third-order valence-corrected chi connectivity index (χ3v) is 5.84. The molecule has 6 heteroatoms. The van der Waals surface area contributed by atoms with Gasteiger partial charge in [-0.15, -0.1) is 0 Å². The van der Waals surface area contributed by atoms with Crippen molar-refractivity contribution in [1.82, 2.24) is 15.0 Å². The van der Waals surface area contributed by atoms with E-state index in [2.05, 4.69) is 17.1 Å². The lowest BCUT2D eigenvalue weighted by atomic mass is 9.91. The van der Waals surface area contributed by atoms with Gasteiger partial charge < -0.3 is 14.2 Å². The summed E-state index contributed by atoms with van der Waals surface area (Å²) >= 11 is 0. The van der Waals surface area contributed by atoms with Gasteiger partial charge in [0.1, 0.15) is 5.75 Å². The molecule has 4 rings (SSSR count). The van der Waals surface area contributed by atoms with E-state index in [9.17, 15) is 4.79 Å². The molecule has 1 aromatic heterocycles. The van der Waals surface area contributed by atoms with Crippen LogP contribution in [0.4, 0.5) is 0 Å². The van der Waals surface area contributed by atoms with E-state index in [0.29, 0.717) is 5.89 Å². The van der Waals surface area contributed by atoms with Crippen LogP contribution in [-0.4, -0.2) is 41.1 Å². The molecule has 0 unspecified atom stereocenters. The fourth-order valence-corrected chi connectivity index (χ4v) is 4.09. The molecule has 0 radical (unpaired) electrons. The molecule has 0 N–H and O–H groups in total. The molecule has 1 fully saturated rings. The number of ether oxygens (including phenoxy) is 1. The Balaban J connectivity index is 1.40. The highest BCUT2D eigenvalue weighted by Gasteiger charge is 2.30. The van der Waals surface area contributed by atoms with E-state index < -0.39 is 0 Å². The van der Waals surface area contributed by atoms with Crippen LogP contribution in [0.1, 0.15) is 49.4 Å². The summed E-state index contributed by atoms with van der Waals surface area (Å²) in [6.07, 6.45) is 2.49. The summed E-state index contributed by atoms with van der Waals surface area (Å²) in [5.74, 6) is 2.31. The van der Waals surface area contributed by atoms with Crippen molar-refractivity contribution in [1.29, 1.82) is 0 Å². The molecule has 0 bridgehead atoms.